The van der Waals surface area contributed by atoms with Gasteiger partial charge in [-0.05, 0) is 30.2 Å². The van der Waals surface area contributed by atoms with E-state index in [9.17, 15) is 0 Å². The van der Waals surface area contributed by atoms with Gasteiger partial charge in [-0.3, -0.25) is 5.32 Å². The molecule has 4 heteroatoms. The van der Waals surface area contributed by atoms with Crippen molar-refractivity contribution in [3.05, 3.63) is 28.8 Å². The van der Waals surface area contributed by atoms with Crippen molar-refractivity contribution in [3.63, 3.8) is 0 Å². The smallest absolute Gasteiger partial charge is 0.123 e. The number of ether oxygens (including phenoxy) is 1. The van der Waals surface area contributed by atoms with Crippen LogP contribution in [0.25, 0.3) is 0 Å². The number of rotatable bonds is 1. The number of piperazine rings is 1. The van der Waals surface area contributed by atoms with Gasteiger partial charge in [0.1, 0.15) is 5.75 Å². The lowest BCUT2D eigenvalue weighted by atomic mass is 9.84. The molecule has 2 heterocycles. The Morgan fingerprint density at radius 2 is 2.05 bits per heavy atom. The minimum atomic E-state index is 0.0609. The molecule has 104 valence electrons. The molecule has 0 aliphatic carbocycles. The van der Waals surface area contributed by atoms with E-state index in [1.165, 1.54) is 16.7 Å². The summed E-state index contributed by atoms with van der Waals surface area (Å²) in [6.45, 7) is 9.08. The summed E-state index contributed by atoms with van der Waals surface area (Å²) in [5.41, 5.74) is 9.93. The van der Waals surface area contributed by atoms with E-state index >= 15 is 0 Å². The second-order valence-corrected chi connectivity index (χ2v) is 6.35. The van der Waals surface area contributed by atoms with Crippen LogP contribution < -0.4 is 21.1 Å². The van der Waals surface area contributed by atoms with Crippen molar-refractivity contribution in [3.8, 4) is 5.75 Å². The van der Waals surface area contributed by atoms with E-state index in [0.717, 1.165) is 25.4 Å². The fourth-order valence-electron chi connectivity index (χ4n) is 2.96. The zero-order valence-electron chi connectivity index (χ0n) is 11.9. The van der Waals surface area contributed by atoms with Crippen LogP contribution in [0.4, 0.5) is 0 Å². The fraction of sp³-hybridized carbons (Fsp3) is 0.600. The number of hydrogen-bond donors (Lipinski definition) is 3. The molecule has 2 atom stereocenters. The first kappa shape index (κ1) is 12.9. The summed E-state index contributed by atoms with van der Waals surface area (Å²) < 4.78 is 5.80. The molecule has 0 amide bonds. The molecule has 0 radical (unpaired) electrons. The second-order valence-electron chi connectivity index (χ2n) is 6.35. The monoisotopic (exact) mass is 261 g/mol. The van der Waals surface area contributed by atoms with Gasteiger partial charge < -0.3 is 15.8 Å². The van der Waals surface area contributed by atoms with E-state index in [2.05, 4.69) is 43.5 Å². The van der Waals surface area contributed by atoms with Crippen molar-refractivity contribution in [2.75, 3.05) is 19.7 Å². The highest BCUT2D eigenvalue weighted by molar-refractivity contribution is 5.49. The lowest BCUT2D eigenvalue weighted by Crippen LogP contribution is -2.54. The maximum absolute atomic E-state index is 5.85. The maximum atomic E-state index is 5.85. The van der Waals surface area contributed by atoms with E-state index in [4.69, 9.17) is 10.5 Å². The maximum Gasteiger partial charge on any atom is 0.123 e. The standard InChI is InChI=1S/C15H23N3O/c1-9-4-13-11(15(2,3)8-19-13)5-10(9)12-6-18-14(16)7-17-12/h4-5,12,14,17-18H,6-8,16H2,1-3H3. The summed E-state index contributed by atoms with van der Waals surface area (Å²) in [4.78, 5) is 0. The van der Waals surface area contributed by atoms with Crippen LogP contribution >= 0.6 is 0 Å². The Labute approximate surface area is 114 Å². The normalized spacial score (nSPS) is 28.8. The van der Waals surface area contributed by atoms with Crippen molar-refractivity contribution in [2.45, 2.75) is 38.4 Å². The van der Waals surface area contributed by atoms with E-state index in [-0.39, 0.29) is 11.6 Å². The quantitative estimate of drug-likeness (QED) is 0.710. The zero-order valence-corrected chi connectivity index (χ0v) is 11.9. The van der Waals surface area contributed by atoms with Crippen LogP contribution in [0.3, 0.4) is 0 Å². The van der Waals surface area contributed by atoms with Crippen molar-refractivity contribution >= 4 is 0 Å². The van der Waals surface area contributed by atoms with Crippen LogP contribution in [0.15, 0.2) is 12.1 Å². The summed E-state index contributed by atoms with van der Waals surface area (Å²) in [5, 5.41) is 6.85. The molecule has 3 rings (SSSR count). The first-order chi connectivity index (χ1) is 8.97. The molecule has 2 aliphatic heterocycles. The van der Waals surface area contributed by atoms with Crippen LogP contribution in [0, 0.1) is 6.92 Å². The lowest BCUT2D eigenvalue weighted by Gasteiger charge is -2.31. The molecule has 0 saturated carbocycles. The van der Waals surface area contributed by atoms with E-state index in [0.29, 0.717) is 6.04 Å². The Morgan fingerprint density at radius 3 is 2.74 bits per heavy atom. The molecule has 2 aliphatic rings. The lowest BCUT2D eigenvalue weighted by molar-refractivity contribution is 0.291. The van der Waals surface area contributed by atoms with Crippen molar-refractivity contribution in [1.82, 2.24) is 10.6 Å². The highest BCUT2D eigenvalue weighted by Gasteiger charge is 2.33. The SMILES string of the molecule is Cc1cc2c(cc1C1CNC(N)CN1)C(C)(C)CO2. The van der Waals surface area contributed by atoms with Gasteiger partial charge in [-0.2, -0.15) is 0 Å². The first-order valence-corrected chi connectivity index (χ1v) is 6.97. The molecule has 1 aromatic rings. The Morgan fingerprint density at radius 1 is 1.26 bits per heavy atom. The fourth-order valence-corrected chi connectivity index (χ4v) is 2.96. The molecule has 0 aromatic heterocycles. The first-order valence-electron chi connectivity index (χ1n) is 6.97. The average Bonchev–Trinajstić information content (AvgIpc) is 2.65. The van der Waals surface area contributed by atoms with Gasteiger partial charge in [0.15, 0.2) is 0 Å². The summed E-state index contributed by atoms with van der Waals surface area (Å²) in [6.07, 6.45) is 0.0609. The summed E-state index contributed by atoms with van der Waals surface area (Å²) >= 11 is 0. The molecule has 1 aromatic carbocycles. The van der Waals surface area contributed by atoms with Crippen molar-refractivity contribution < 1.29 is 4.74 Å². The molecule has 4 nitrogen and oxygen atoms in total. The molecule has 2 unspecified atom stereocenters. The van der Waals surface area contributed by atoms with Gasteiger partial charge in [0, 0.05) is 30.1 Å². The Hall–Kier alpha value is -1.10. The number of hydrogen-bond acceptors (Lipinski definition) is 4. The highest BCUT2D eigenvalue weighted by Crippen LogP contribution is 2.41. The van der Waals surface area contributed by atoms with Gasteiger partial charge in [-0.25, -0.2) is 0 Å². The Balaban J connectivity index is 1.94. The van der Waals surface area contributed by atoms with Gasteiger partial charge in [0.25, 0.3) is 0 Å². The summed E-state index contributed by atoms with van der Waals surface area (Å²) in [6, 6.07) is 4.82. The van der Waals surface area contributed by atoms with E-state index in [1.807, 2.05) is 0 Å². The van der Waals surface area contributed by atoms with Crippen LogP contribution in [0.1, 0.15) is 36.6 Å². The number of nitrogens with two attached hydrogens (primary N) is 1. The third kappa shape index (κ3) is 2.24. The average molecular weight is 261 g/mol. The van der Waals surface area contributed by atoms with E-state index < -0.39 is 0 Å². The largest absolute Gasteiger partial charge is 0.492 e. The van der Waals surface area contributed by atoms with Gasteiger partial charge in [0.2, 0.25) is 0 Å². The molecule has 1 saturated heterocycles. The number of aryl methyl sites for hydroxylation is 1. The van der Waals surface area contributed by atoms with Crippen LogP contribution in [0.5, 0.6) is 5.75 Å². The minimum absolute atomic E-state index is 0.0609. The van der Waals surface area contributed by atoms with Crippen molar-refractivity contribution in [2.24, 2.45) is 5.73 Å². The molecule has 0 bridgehead atoms. The third-order valence-electron chi connectivity index (χ3n) is 4.23. The van der Waals surface area contributed by atoms with E-state index in [1.54, 1.807) is 0 Å². The van der Waals surface area contributed by atoms with Crippen LogP contribution in [-0.2, 0) is 5.41 Å². The predicted octanol–water partition coefficient (Wildman–Crippen LogP) is 1.18. The molecular formula is C15H23N3O. The second kappa shape index (κ2) is 4.47. The summed E-state index contributed by atoms with van der Waals surface area (Å²) in [5.74, 6) is 1.05. The number of nitrogens with one attached hydrogen (secondary N) is 2. The van der Waals surface area contributed by atoms with Crippen molar-refractivity contribution in [1.29, 1.82) is 0 Å². The number of benzene rings is 1. The van der Waals surface area contributed by atoms with Gasteiger partial charge in [0.05, 0.1) is 12.8 Å². The highest BCUT2D eigenvalue weighted by atomic mass is 16.5. The predicted molar refractivity (Wildman–Crippen MR) is 76.4 cm³/mol. The third-order valence-corrected chi connectivity index (χ3v) is 4.23. The van der Waals surface area contributed by atoms with Crippen LogP contribution in [-0.4, -0.2) is 25.9 Å². The van der Waals surface area contributed by atoms with Crippen LogP contribution in [0.2, 0.25) is 0 Å². The molecule has 19 heavy (non-hydrogen) atoms. The molecule has 0 spiro atoms. The zero-order chi connectivity index (χ0) is 13.6. The van der Waals surface area contributed by atoms with Gasteiger partial charge in [-0.1, -0.05) is 13.8 Å². The van der Waals surface area contributed by atoms with Gasteiger partial charge in [-0.15, -0.1) is 0 Å². The van der Waals surface area contributed by atoms with Gasteiger partial charge >= 0.3 is 0 Å². The summed E-state index contributed by atoms with van der Waals surface area (Å²) in [7, 11) is 0. The number of fused-ring (bicyclic) bond motifs is 1. The Kier molecular flexibility index (Phi) is 3.04. The minimum Gasteiger partial charge on any atom is -0.492 e. The Bertz CT molecular complexity index is 490. The topological polar surface area (TPSA) is 59.3 Å². The molecule has 4 N–H and O–H groups in total. The molecule has 1 fully saturated rings. The molecular weight excluding hydrogens is 238 g/mol.